The maximum atomic E-state index is 13.1. The normalized spacial score (nSPS) is 13.1. The fourth-order valence-corrected chi connectivity index (χ4v) is 4.89. The number of aromatic hydroxyl groups is 1. The number of benzene rings is 2. The predicted octanol–water partition coefficient (Wildman–Crippen LogP) is -0.208. The van der Waals surface area contributed by atoms with E-state index >= 15 is 0 Å². The molecular weight excluding hydrogens is 662 g/mol. The van der Waals surface area contributed by atoms with Crippen molar-refractivity contribution in [2.75, 3.05) is 25.1 Å². The molecule has 0 saturated carbocycles. The van der Waals surface area contributed by atoms with Crippen molar-refractivity contribution in [1.29, 1.82) is 0 Å². The number of ether oxygens (including phenoxy) is 1. The molecular formula is C32H43N5O11S. The Bertz CT molecular complexity index is 1580. The number of carbonyl (C=O) groups is 6. The zero-order chi connectivity index (χ0) is 36.8. The van der Waals surface area contributed by atoms with Crippen LogP contribution >= 0.6 is 0 Å². The van der Waals surface area contributed by atoms with Crippen LogP contribution in [0.25, 0.3) is 0 Å². The SMILES string of the molecule is CC(C)(C)OC(=O)NC(Cc1ccc(O)cc1)C(=O)NCC(=O)NCC(=O)NC(Cc1ccccc1)C(=O)NC(CCS(C)(=O)=O)C(=O)O. The molecule has 2 rings (SSSR count). The average Bonchev–Trinajstić information content (AvgIpc) is 3.00. The second-order valence-electron chi connectivity index (χ2n) is 12.2. The highest BCUT2D eigenvalue weighted by molar-refractivity contribution is 7.90. The molecule has 0 aliphatic rings. The van der Waals surface area contributed by atoms with Gasteiger partial charge in [-0.25, -0.2) is 18.0 Å². The van der Waals surface area contributed by atoms with Crippen LogP contribution in [-0.2, 0) is 51.4 Å². The second kappa shape index (κ2) is 18.4. The van der Waals surface area contributed by atoms with Gasteiger partial charge in [-0.3, -0.25) is 19.2 Å². The molecule has 0 aromatic heterocycles. The number of alkyl carbamates (subject to hydrolysis) is 1. The van der Waals surface area contributed by atoms with Crippen LogP contribution in [0.15, 0.2) is 54.6 Å². The lowest BCUT2D eigenvalue weighted by Gasteiger charge is -2.23. The Kier molecular flexibility index (Phi) is 15.0. The highest BCUT2D eigenvalue weighted by atomic mass is 32.2. The summed E-state index contributed by atoms with van der Waals surface area (Å²) in [5, 5.41) is 30.9. The first-order valence-electron chi connectivity index (χ1n) is 15.2. The van der Waals surface area contributed by atoms with Gasteiger partial charge in [0.15, 0.2) is 0 Å². The summed E-state index contributed by atoms with van der Waals surface area (Å²) in [4.78, 5) is 75.4. The summed E-state index contributed by atoms with van der Waals surface area (Å²) in [6, 6.07) is 10.4. The van der Waals surface area contributed by atoms with Crippen LogP contribution in [0, 0.1) is 0 Å². The Labute approximate surface area is 284 Å². The van der Waals surface area contributed by atoms with E-state index in [0.717, 1.165) is 6.26 Å². The van der Waals surface area contributed by atoms with E-state index in [4.69, 9.17) is 4.74 Å². The molecule has 0 spiro atoms. The molecule has 7 N–H and O–H groups in total. The molecule has 5 amide bonds. The maximum absolute atomic E-state index is 13.1. The largest absolute Gasteiger partial charge is 0.508 e. The van der Waals surface area contributed by atoms with Crippen LogP contribution < -0.4 is 26.6 Å². The molecule has 17 heteroatoms. The summed E-state index contributed by atoms with van der Waals surface area (Å²) in [6.45, 7) is 3.74. The fraction of sp³-hybridized carbons (Fsp3) is 0.438. The summed E-state index contributed by atoms with van der Waals surface area (Å²) in [7, 11) is -3.52. The van der Waals surface area contributed by atoms with E-state index in [9.17, 15) is 47.4 Å². The number of rotatable bonds is 17. The van der Waals surface area contributed by atoms with Crippen molar-refractivity contribution >= 4 is 45.5 Å². The number of hydrogen-bond donors (Lipinski definition) is 7. The minimum Gasteiger partial charge on any atom is -0.508 e. The molecule has 2 aromatic rings. The number of phenols is 1. The fourth-order valence-electron chi connectivity index (χ4n) is 4.22. The third-order valence-electron chi connectivity index (χ3n) is 6.58. The van der Waals surface area contributed by atoms with Gasteiger partial charge in [0.1, 0.15) is 39.3 Å². The number of carbonyl (C=O) groups excluding carboxylic acids is 5. The molecule has 0 heterocycles. The molecule has 3 unspecified atom stereocenters. The van der Waals surface area contributed by atoms with Gasteiger partial charge in [0.25, 0.3) is 0 Å². The van der Waals surface area contributed by atoms with Crippen LogP contribution in [0.1, 0.15) is 38.3 Å². The molecule has 0 saturated heterocycles. The molecule has 268 valence electrons. The zero-order valence-corrected chi connectivity index (χ0v) is 28.5. The minimum absolute atomic E-state index is 0.00274. The third-order valence-corrected chi connectivity index (χ3v) is 7.56. The number of hydrogen-bond acceptors (Lipinski definition) is 10. The summed E-state index contributed by atoms with van der Waals surface area (Å²) >= 11 is 0. The molecule has 49 heavy (non-hydrogen) atoms. The van der Waals surface area contributed by atoms with Crippen LogP contribution in [0.4, 0.5) is 4.79 Å². The van der Waals surface area contributed by atoms with E-state index in [-0.39, 0.29) is 18.6 Å². The van der Waals surface area contributed by atoms with E-state index < -0.39 is 94.5 Å². The maximum Gasteiger partial charge on any atom is 0.408 e. The summed E-state index contributed by atoms with van der Waals surface area (Å²) in [5.41, 5.74) is 0.370. The first-order valence-corrected chi connectivity index (χ1v) is 17.2. The van der Waals surface area contributed by atoms with Gasteiger partial charge in [-0.15, -0.1) is 0 Å². The van der Waals surface area contributed by atoms with E-state index in [1.165, 1.54) is 12.1 Å². The van der Waals surface area contributed by atoms with Crippen molar-refractivity contribution in [3.8, 4) is 5.75 Å². The molecule has 3 atom stereocenters. The van der Waals surface area contributed by atoms with Gasteiger partial charge in [-0.05, 0) is 50.5 Å². The van der Waals surface area contributed by atoms with E-state index in [1.54, 1.807) is 63.2 Å². The van der Waals surface area contributed by atoms with E-state index in [2.05, 4.69) is 26.6 Å². The lowest BCUT2D eigenvalue weighted by atomic mass is 10.0. The Morgan fingerprint density at radius 3 is 1.84 bits per heavy atom. The number of sulfone groups is 1. The zero-order valence-electron chi connectivity index (χ0n) is 27.6. The Morgan fingerprint density at radius 2 is 1.29 bits per heavy atom. The summed E-state index contributed by atoms with van der Waals surface area (Å²) in [6.07, 6.45) is -0.378. The van der Waals surface area contributed by atoms with Crippen molar-refractivity contribution in [1.82, 2.24) is 26.6 Å². The molecule has 0 bridgehead atoms. The third kappa shape index (κ3) is 16.5. The van der Waals surface area contributed by atoms with Crippen molar-refractivity contribution < 1.29 is 52.1 Å². The monoisotopic (exact) mass is 705 g/mol. The van der Waals surface area contributed by atoms with Gasteiger partial charge in [0.05, 0.1) is 18.8 Å². The topological polar surface area (TPSA) is 246 Å². The van der Waals surface area contributed by atoms with Gasteiger partial charge in [-0.2, -0.15) is 0 Å². The Hall–Kier alpha value is -5.19. The van der Waals surface area contributed by atoms with Gasteiger partial charge in [-0.1, -0.05) is 42.5 Å². The smallest absolute Gasteiger partial charge is 0.408 e. The lowest BCUT2D eigenvalue weighted by Crippen LogP contribution is -2.54. The van der Waals surface area contributed by atoms with E-state index in [0.29, 0.717) is 11.1 Å². The number of nitrogens with one attached hydrogen (secondary N) is 5. The standard InChI is InChI=1S/C32H43N5O11S/c1-32(2,3)48-31(45)37-24(17-21-10-12-22(38)13-11-21)28(41)34-18-26(39)33-19-27(40)35-25(16-20-8-6-5-7-9-20)29(42)36-23(30(43)44)14-15-49(4,46)47/h5-13,23-25,38H,14-19H2,1-4H3,(H,33,39)(H,34,41)(H,35,40)(H,36,42)(H,37,45)(H,43,44). The van der Waals surface area contributed by atoms with Crippen molar-refractivity contribution in [2.45, 2.75) is 63.8 Å². The highest BCUT2D eigenvalue weighted by Crippen LogP contribution is 2.13. The molecule has 2 aromatic carbocycles. The second-order valence-corrected chi connectivity index (χ2v) is 14.5. The Morgan fingerprint density at radius 1 is 0.735 bits per heavy atom. The first kappa shape index (κ1) is 40.0. The number of amides is 5. The van der Waals surface area contributed by atoms with Crippen molar-refractivity contribution in [3.63, 3.8) is 0 Å². The van der Waals surface area contributed by atoms with Crippen molar-refractivity contribution in [2.24, 2.45) is 0 Å². The first-order chi connectivity index (χ1) is 22.8. The minimum atomic E-state index is -3.52. The number of carboxylic acid groups (broad SMARTS) is 1. The summed E-state index contributed by atoms with van der Waals surface area (Å²) < 4.78 is 28.3. The lowest BCUT2D eigenvalue weighted by molar-refractivity contribution is -0.142. The number of phenolic OH excluding ortho intramolecular Hbond substituents is 1. The van der Waals surface area contributed by atoms with Gasteiger partial charge in [0, 0.05) is 19.1 Å². The molecule has 0 fully saturated rings. The van der Waals surface area contributed by atoms with E-state index in [1.807, 2.05) is 0 Å². The van der Waals surface area contributed by atoms with Gasteiger partial charge in [0.2, 0.25) is 23.6 Å². The molecule has 0 radical (unpaired) electrons. The van der Waals surface area contributed by atoms with Crippen molar-refractivity contribution in [3.05, 3.63) is 65.7 Å². The van der Waals surface area contributed by atoms with Crippen LogP contribution in [0.2, 0.25) is 0 Å². The predicted molar refractivity (Wildman–Crippen MR) is 177 cm³/mol. The highest BCUT2D eigenvalue weighted by Gasteiger charge is 2.28. The van der Waals surface area contributed by atoms with Crippen LogP contribution in [0.5, 0.6) is 5.75 Å². The van der Waals surface area contributed by atoms with Crippen LogP contribution in [-0.4, -0.2) is 103 Å². The average molecular weight is 706 g/mol. The van der Waals surface area contributed by atoms with Gasteiger partial charge < -0.3 is 41.5 Å². The quantitative estimate of drug-likeness (QED) is 0.114. The summed E-state index contributed by atoms with van der Waals surface area (Å²) in [5.74, 6) is -5.14. The number of carboxylic acids is 1. The number of aliphatic carboxylic acids is 1. The molecule has 16 nitrogen and oxygen atoms in total. The molecule has 0 aliphatic heterocycles. The van der Waals surface area contributed by atoms with Gasteiger partial charge >= 0.3 is 12.1 Å². The molecule has 0 aliphatic carbocycles. The Balaban J connectivity index is 2.02. The van der Waals surface area contributed by atoms with Crippen LogP contribution in [0.3, 0.4) is 0 Å².